The molecule has 1 unspecified atom stereocenters. The minimum Gasteiger partial charge on any atom is -0.356 e. The third kappa shape index (κ3) is 6.80. The first kappa shape index (κ1) is 20.5. The predicted octanol–water partition coefficient (Wildman–Crippen LogP) is 3.17. The fraction of sp³-hybridized carbons (Fsp3) is 0.667. The summed E-state index contributed by atoms with van der Waals surface area (Å²) in [5.74, 6) is 0.491. The Morgan fingerprint density at radius 1 is 1.44 bits per heavy atom. The van der Waals surface area contributed by atoms with E-state index < -0.39 is 12.0 Å². The quantitative estimate of drug-likeness (QED) is 0.464. The largest absolute Gasteiger partial charge is 0.356 e. The summed E-state index contributed by atoms with van der Waals surface area (Å²) in [6.07, 6.45) is 4.14. The van der Waals surface area contributed by atoms with Crippen molar-refractivity contribution in [3.8, 4) is 0 Å². The molecule has 1 saturated carbocycles. The Labute approximate surface area is 163 Å². The van der Waals surface area contributed by atoms with Crippen LogP contribution in [0, 0.1) is 16.4 Å². The molecule has 140 valence electrons. The summed E-state index contributed by atoms with van der Waals surface area (Å²) in [6, 6.07) is 1.95. The summed E-state index contributed by atoms with van der Waals surface area (Å²) in [5, 5.41) is 16.0. The molecule has 0 bridgehead atoms. The van der Waals surface area contributed by atoms with Gasteiger partial charge in [0.05, 0.1) is 5.60 Å². The highest BCUT2D eigenvalue weighted by molar-refractivity contribution is 14.1. The van der Waals surface area contributed by atoms with Crippen LogP contribution in [0.2, 0.25) is 0 Å². The van der Waals surface area contributed by atoms with Gasteiger partial charge in [-0.1, -0.05) is 6.42 Å². The van der Waals surface area contributed by atoms with E-state index in [1.807, 2.05) is 33.8 Å². The van der Waals surface area contributed by atoms with E-state index in [1.165, 1.54) is 0 Å². The lowest BCUT2D eigenvalue weighted by molar-refractivity contribution is -0.187. The number of amides is 1. The van der Waals surface area contributed by atoms with Crippen molar-refractivity contribution in [1.82, 2.24) is 10.3 Å². The van der Waals surface area contributed by atoms with Crippen LogP contribution >= 0.6 is 22.6 Å². The van der Waals surface area contributed by atoms with Gasteiger partial charge in [0.2, 0.25) is 12.3 Å². The molecule has 1 aliphatic rings. The number of rotatable bonds is 5. The number of halogens is 1. The number of aromatic nitrogens is 1. The van der Waals surface area contributed by atoms with Crippen LogP contribution < -0.4 is 10.6 Å². The molecule has 0 aromatic carbocycles. The third-order valence-electron chi connectivity index (χ3n) is 4.18. The molecule has 1 aromatic heterocycles. The first-order chi connectivity index (χ1) is 11.6. The fourth-order valence-corrected chi connectivity index (χ4v) is 3.38. The zero-order chi connectivity index (χ0) is 18.6. The molecule has 1 amide bonds. The van der Waals surface area contributed by atoms with Crippen molar-refractivity contribution in [2.24, 2.45) is 5.92 Å². The van der Waals surface area contributed by atoms with Gasteiger partial charge in [-0.05, 0) is 81.2 Å². The summed E-state index contributed by atoms with van der Waals surface area (Å²) in [6.45, 7) is 7.67. The minimum atomic E-state index is -1.02. The van der Waals surface area contributed by atoms with E-state index >= 15 is 0 Å². The molecule has 0 aliphatic heterocycles. The lowest BCUT2D eigenvalue weighted by atomic mass is 9.85. The van der Waals surface area contributed by atoms with Crippen LogP contribution in [0.1, 0.15) is 52.0 Å². The second kappa shape index (κ2) is 8.75. The SMILES string of the molecule is Cc1cnc(NC(=O)[C@H]2CCC[C@@H](NC(O)OC(C)(C)C)C2)cc1I. The third-order valence-corrected chi connectivity index (χ3v) is 5.34. The van der Waals surface area contributed by atoms with Gasteiger partial charge in [0.1, 0.15) is 5.82 Å². The molecule has 3 atom stereocenters. The van der Waals surface area contributed by atoms with E-state index in [2.05, 4.69) is 38.2 Å². The number of carbonyl (C=O) groups is 1. The smallest absolute Gasteiger partial charge is 0.228 e. The Bertz CT molecular complexity index is 604. The van der Waals surface area contributed by atoms with Gasteiger partial charge in [0, 0.05) is 21.7 Å². The molecule has 25 heavy (non-hydrogen) atoms. The van der Waals surface area contributed by atoms with Crippen LogP contribution in [0.5, 0.6) is 0 Å². The van der Waals surface area contributed by atoms with E-state index in [0.29, 0.717) is 12.2 Å². The molecular formula is C18H28IN3O3. The molecule has 6 nitrogen and oxygen atoms in total. The van der Waals surface area contributed by atoms with Crippen LogP contribution in [-0.4, -0.2) is 34.1 Å². The average Bonchev–Trinajstić information content (AvgIpc) is 2.49. The summed E-state index contributed by atoms with van der Waals surface area (Å²) >= 11 is 2.24. The first-order valence-electron chi connectivity index (χ1n) is 8.69. The average molecular weight is 461 g/mol. The van der Waals surface area contributed by atoms with Crippen molar-refractivity contribution in [2.45, 2.75) is 71.4 Å². The summed E-state index contributed by atoms with van der Waals surface area (Å²) in [5.41, 5.74) is 0.667. The van der Waals surface area contributed by atoms with Crippen molar-refractivity contribution >= 4 is 34.3 Å². The standard InChI is InChI=1S/C18H28IN3O3/c1-11-10-20-15(9-14(11)19)22-16(23)12-6-5-7-13(8-12)21-17(24)25-18(2,3)4/h9-10,12-13,17,21,24H,5-8H2,1-4H3,(H,20,22,23)/t12-,13+,17?/m0/s1. The topological polar surface area (TPSA) is 83.5 Å². The molecule has 3 N–H and O–H groups in total. The summed E-state index contributed by atoms with van der Waals surface area (Å²) in [4.78, 5) is 16.8. The maximum atomic E-state index is 12.5. The molecule has 7 heteroatoms. The van der Waals surface area contributed by atoms with Gasteiger partial charge in [-0.2, -0.15) is 0 Å². The highest BCUT2D eigenvalue weighted by atomic mass is 127. The summed E-state index contributed by atoms with van der Waals surface area (Å²) < 4.78 is 6.57. The van der Waals surface area contributed by atoms with Crippen molar-refractivity contribution in [3.63, 3.8) is 0 Å². The van der Waals surface area contributed by atoms with Crippen LogP contribution in [0.15, 0.2) is 12.3 Å². The van der Waals surface area contributed by atoms with Crippen molar-refractivity contribution in [3.05, 3.63) is 21.4 Å². The van der Waals surface area contributed by atoms with Crippen molar-refractivity contribution in [1.29, 1.82) is 0 Å². The number of hydrogen-bond donors (Lipinski definition) is 3. The first-order valence-corrected chi connectivity index (χ1v) is 9.77. The second-order valence-corrected chi connectivity index (χ2v) is 8.78. The number of aliphatic hydroxyl groups is 1. The van der Waals surface area contributed by atoms with Crippen LogP contribution in [-0.2, 0) is 9.53 Å². The molecule has 1 aromatic rings. The lowest BCUT2D eigenvalue weighted by Crippen LogP contribution is -2.46. The number of carbonyl (C=O) groups excluding carboxylic acids is 1. The van der Waals surface area contributed by atoms with E-state index in [0.717, 1.165) is 28.4 Å². The van der Waals surface area contributed by atoms with Gasteiger partial charge in [-0.25, -0.2) is 4.98 Å². The number of pyridine rings is 1. The van der Waals surface area contributed by atoms with Crippen LogP contribution in [0.4, 0.5) is 5.82 Å². The van der Waals surface area contributed by atoms with E-state index in [4.69, 9.17) is 4.74 Å². The molecule has 2 rings (SSSR count). The van der Waals surface area contributed by atoms with Crippen LogP contribution in [0.3, 0.4) is 0 Å². The number of ether oxygens (including phenoxy) is 1. The number of hydrogen-bond acceptors (Lipinski definition) is 5. The second-order valence-electron chi connectivity index (χ2n) is 7.62. The number of nitrogens with one attached hydrogen (secondary N) is 2. The molecular weight excluding hydrogens is 433 g/mol. The maximum Gasteiger partial charge on any atom is 0.228 e. The van der Waals surface area contributed by atoms with Crippen LogP contribution in [0.25, 0.3) is 0 Å². The maximum absolute atomic E-state index is 12.5. The Hall–Kier alpha value is -0.770. The van der Waals surface area contributed by atoms with Gasteiger partial charge in [0.15, 0.2) is 0 Å². The Kier molecular flexibility index (Phi) is 7.19. The van der Waals surface area contributed by atoms with Crippen molar-refractivity contribution < 1.29 is 14.6 Å². The van der Waals surface area contributed by atoms with Gasteiger partial charge < -0.3 is 15.2 Å². The van der Waals surface area contributed by atoms with Gasteiger partial charge >= 0.3 is 0 Å². The summed E-state index contributed by atoms with van der Waals surface area (Å²) in [7, 11) is 0. The molecule has 0 radical (unpaired) electrons. The van der Waals surface area contributed by atoms with Gasteiger partial charge in [0.25, 0.3) is 0 Å². The Balaban J connectivity index is 1.89. The number of anilines is 1. The highest BCUT2D eigenvalue weighted by Crippen LogP contribution is 2.26. The molecule has 0 spiro atoms. The molecule has 1 fully saturated rings. The van der Waals surface area contributed by atoms with E-state index in [9.17, 15) is 9.90 Å². The Morgan fingerprint density at radius 2 is 2.16 bits per heavy atom. The number of aliphatic hydroxyl groups excluding tert-OH is 1. The van der Waals surface area contributed by atoms with Crippen molar-refractivity contribution in [2.75, 3.05) is 5.32 Å². The molecule has 1 aliphatic carbocycles. The molecule has 0 saturated heterocycles. The zero-order valence-corrected chi connectivity index (χ0v) is 17.5. The van der Waals surface area contributed by atoms with Gasteiger partial charge in [-0.15, -0.1) is 0 Å². The normalized spacial score (nSPS) is 22.5. The fourth-order valence-electron chi connectivity index (χ4n) is 2.95. The predicted molar refractivity (Wildman–Crippen MR) is 106 cm³/mol. The Morgan fingerprint density at radius 3 is 2.80 bits per heavy atom. The lowest BCUT2D eigenvalue weighted by Gasteiger charge is -2.32. The van der Waals surface area contributed by atoms with E-state index in [1.54, 1.807) is 6.20 Å². The minimum absolute atomic E-state index is 0.00937. The zero-order valence-electron chi connectivity index (χ0n) is 15.3. The monoisotopic (exact) mass is 461 g/mol. The highest BCUT2D eigenvalue weighted by Gasteiger charge is 2.29. The van der Waals surface area contributed by atoms with Gasteiger partial charge in [-0.3, -0.25) is 10.1 Å². The number of nitrogens with zero attached hydrogens (tertiary/aromatic N) is 1. The van der Waals surface area contributed by atoms with E-state index in [-0.39, 0.29) is 17.9 Å². The molecule has 1 heterocycles. The number of aryl methyl sites for hydroxylation is 1.